The van der Waals surface area contributed by atoms with Crippen molar-refractivity contribution in [3.63, 3.8) is 0 Å². The molecule has 0 radical (unpaired) electrons. The fourth-order valence-corrected chi connectivity index (χ4v) is 2.46. The molecule has 1 aliphatic rings. The number of aromatic nitrogens is 2. The number of carbonyl (C=O) groups is 2. The van der Waals surface area contributed by atoms with Crippen molar-refractivity contribution in [1.29, 1.82) is 0 Å². The summed E-state index contributed by atoms with van der Waals surface area (Å²) in [5.74, 6) is 0.0121. The van der Waals surface area contributed by atoms with Gasteiger partial charge < -0.3 is 9.30 Å². The maximum atomic E-state index is 12.1. The smallest absolute Gasteiger partial charge is 0.309 e. The zero-order valence-corrected chi connectivity index (χ0v) is 11.3. The van der Waals surface area contributed by atoms with Crippen molar-refractivity contribution in [2.24, 2.45) is 5.92 Å². The molecule has 1 unspecified atom stereocenters. The predicted molar refractivity (Wildman–Crippen MR) is 69.9 cm³/mol. The standard InChI is InChI=1S/C14H18N2O3/c1-4-6-16-9(3)15-13-11(16)7-10(8-12(13)17)14(18)19-5-2/h4,10H,1,5-8H2,2-3H3. The Balaban J connectivity index is 2.33. The van der Waals surface area contributed by atoms with Gasteiger partial charge in [0.05, 0.1) is 12.5 Å². The summed E-state index contributed by atoms with van der Waals surface area (Å²) < 4.78 is 6.95. The first kappa shape index (κ1) is 13.5. The number of hydrogen-bond acceptors (Lipinski definition) is 4. The molecule has 102 valence electrons. The molecule has 5 nitrogen and oxygen atoms in total. The second-order valence-corrected chi connectivity index (χ2v) is 4.63. The van der Waals surface area contributed by atoms with Gasteiger partial charge >= 0.3 is 5.97 Å². The number of aryl methyl sites for hydroxylation is 1. The first-order valence-electron chi connectivity index (χ1n) is 6.45. The van der Waals surface area contributed by atoms with E-state index in [1.807, 2.05) is 11.5 Å². The van der Waals surface area contributed by atoms with E-state index >= 15 is 0 Å². The number of Topliss-reactive ketones (excluding diaryl/α,β-unsaturated/α-hetero) is 1. The Kier molecular flexibility index (Phi) is 3.83. The molecular weight excluding hydrogens is 244 g/mol. The molecule has 0 amide bonds. The fraction of sp³-hybridized carbons (Fsp3) is 0.500. The van der Waals surface area contributed by atoms with E-state index in [1.54, 1.807) is 13.0 Å². The highest BCUT2D eigenvalue weighted by Crippen LogP contribution is 2.27. The number of nitrogens with zero attached hydrogens (tertiary/aromatic N) is 2. The first-order valence-corrected chi connectivity index (χ1v) is 6.45. The summed E-state index contributed by atoms with van der Waals surface area (Å²) >= 11 is 0. The van der Waals surface area contributed by atoms with E-state index < -0.39 is 0 Å². The lowest BCUT2D eigenvalue weighted by Gasteiger charge is -2.20. The van der Waals surface area contributed by atoms with Crippen LogP contribution in [0.4, 0.5) is 0 Å². The van der Waals surface area contributed by atoms with Gasteiger partial charge in [0, 0.05) is 25.1 Å². The second kappa shape index (κ2) is 5.38. The van der Waals surface area contributed by atoms with Crippen molar-refractivity contribution in [3.05, 3.63) is 29.9 Å². The van der Waals surface area contributed by atoms with Gasteiger partial charge in [-0.3, -0.25) is 9.59 Å². The van der Waals surface area contributed by atoms with Crippen LogP contribution in [0.5, 0.6) is 0 Å². The molecule has 0 saturated heterocycles. The van der Waals surface area contributed by atoms with Gasteiger partial charge in [-0.05, 0) is 13.8 Å². The third kappa shape index (κ3) is 2.45. The lowest BCUT2D eigenvalue weighted by molar-refractivity contribution is -0.148. The number of carbonyl (C=O) groups excluding carboxylic acids is 2. The summed E-state index contributed by atoms with van der Waals surface area (Å²) in [6, 6.07) is 0. The molecule has 0 fully saturated rings. The number of esters is 1. The Morgan fingerprint density at radius 1 is 1.58 bits per heavy atom. The van der Waals surface area contributed by atoms with Crippen LogP contribution in [-0.2, 0) is 22.5 Å². The minimum atomic E-state index is -0.389. The number of hydrogen-bond donors (Lipinski definition) is 0. The number of imidazole rings is 1. The molecule has 1 aromatic rings. The third-order valence-corrected chi connectivity index (χ3v) is 3.33. The topological polar surface area (TPSA) is 61.2 Å². The van der Waals surface area contributed by atoms with E-state index in [1.165, 1.54) is 0 Å². The highest BCUT2D eigenvalue weighted by Gasteiger charge is 2.34. The first-order chi connectivity index (χ1) is 9.08. The van der Waals surface area contributed by atoms with E-state index in [0.717, 1.165) is 11.5 Å². The predicted octanol–water partition coefficient (Wildman–Crippen LogP) is 1.69. The fourth-order valence-electron chi connectivity index (χ4n) is 2.46. The Labute approximate surface area is 112 Å². The van der Waals surface area contributed by atoms with Crippen LogP contribution in [-0.4, -0.2) is 27.9 Å². The van der Waals surface area contributed by atoms with Crippen molar-refractivity contribution in [2.75, 3.05) is 6.61 Å². The molecule has 0 N–H and O–H groups in total. The molecule has 2 rings (SSSR count). The summed E-state index contributed by atoms with van der Waals surface area (Å²) in [4.78, 5) is 28.2. The van der Waals surface area contributed by atoms with E-state index in [9.17, 15) is 9.59 Å². The number of ketones is 1. The molecule has 0 aliphatic heterocycles. The Bertz CT molecular complexity index is 531. The van der Waals surface area contributed by atoms with E-state index in [2.05, 4.69) is 11.6 Å². The minimum Gasteiger partial charge on any atom is -0.466 e. The molecule has 1 aromatic heterocycles. The summed E-state index contributed by atoms with van der Waals surface area (Å²) in [6.45, 7) is 8.25. The van der Waals surface area contributed by atoms with E-state index in [-0.39, 0.29) is 24.1 Å². The normalized spacial score (nSPS) is 18.0. The molecule has 19 heavy (non-hydrogen) atoms. The van der Waals surface area contributed by atoms with Gasteiger partial charge in [-0.2, -0.15) is 0 Å². The van der Waals surface area contributed by atoms with Crippen molar-refractivity contribution < 1.29 is 14.3 Å². The van der Waals surface area contributed by atoms with Crippen LogP contribution in [0.1, 0.15) is 35.4 Å². The molecule has 0 bridgehead atoms. The van der Waals surface area contributed by atoms with Gasteiger partial charge in [0.2, 0.25) is 0 Å². The monoisotopic (exact) mass is 262 g/mol. The van der Waals surface area contributed by atoms with Crippen LogP contribution in [0.2, 0.25) is 0 Å². The van der Waals surface area contributed by atoms with Crippen molar-refractivity contribution >= 4 is 11.8 Å². The molecule has 1 atom stereocenters. The zero-order chi connectivity index (χ0) is 14.0. The number of rotatable bonds is 4. The highest BCUT2D eigenvalue weighted by atomic mass is 16.5. The molecule has 0 spiro atoms. The lowest BCUT2D eigenvalue weighted by atomic mass is 9.89. The lowest BCUT2D eigenvalue weighted by Crippen LogP contribution is -2.29. The van der Waals surface area contributed by atoms with Crippen LogP contribution in [0, 0.1) is 12.8 Å². The van der Waals surface area contributed by atoms with Gasteiger partial charge in [-0.25, -0.2) is 4.98 Å². The Morgan fingerprint density at radius 3 is 2.95 bits per heavy atom. The van der Waals surface area contributed by atoms with E-state index in [4.69, 9.17) is 4.74 Å². The molecule has 1 heterocycles. The van der Waals surface area contributed by atoms with Crippen LogP contribution in [0.3, 0.4) is 0 Å². The largest absolute Gasteiger partial charge is 0.466 e. The number of allylic oxidation sites excluding steroid dienone is 1. The number of fused-ring (bicyclic) bond motifs is 1. The maximum Gasteiger partial charge on any atom is 0.309 e. The SMILES string of the molecule is C=CCn1c(C)nc2c1CC(C(=O)OCC)CC2=O. The molecule has 0 saturated carbocycles. The van der Waals surface area contributed by atoms with Crippen LogP contribution in [0.25, 0.3) is 0 Å². The quantitative estimate of drug-likeness (QED) is 0.612. The summed E-state index contributed by atoms with van der Waals surface area (Å²) in [6.07, 6.45) is 2.46. The molecule has 1 aliphatic carbocycles. The van der Waals surface area contributed by atoms with Crippen molar-refractivity contribution in [2.45, 2.75) is 33.2 Å². The van der Waals surface area contributed by atoms with Gasteiger partial charge in [0.1, 0.15) is 11.5 Å². The van der Waals surface area contributed by atoms with Crippen LogP contribution >= 0.6 is 0 Å². The van der Waals surface area contributed by atoms with Crippen molar-refractivity contribution in [1.82, 2.24) is 9.55 Å². The van der Waals surface area contributed by atoms with Crippen LogP contribution < -0.4 is 0 Å². The van der Waals surface area contributed by atoms with Crippen LogP contribution in [0.15, 0.2) is 12.7 Å². The zero-order valence-electron chi connectivity index (χ0n) is 11.3. The minimum absolute atomic E-state index is 0.0785. The summed E-state index contributed by atoms with van der Waals surface area (Å²) in [5.41, 5.74) is 1.33. The summed E-state index contributed by atoms with van der Waals surface area (Å²) in [7, 11) is 0. The maximum absolute atomic E-state index is 12.1. The Hall–Kier alpha value is -1.91. The van der Waals surface area contributed by atoms with Gasteiger partial charge in [0.25, 0.3) is 0 Å². The average molecular weight is 262 g/mol. The van der Waals surface area contributed by atoms with E-state index in [0.29, 0.717) is 25.3 Å². The van der Waals surface area contributed by atoms with Gasteiger partial charge in [0.15, 0.2) is 5.78 Å². The molecule has 5 heteroatoms. The van der Waals surface area contributed by atoms with Gasteiger partial charge in [-0.15, -0.1) is 6.58 Å². The number of ether oxygens (including phenoxy) is 1. The molecular formula is C14H18N2O3. The van der Waals surface area contributed by atoms with Crippen molar-refractivity contribution in [3.8, 4) is 0 Å². The summed E-state index contributed by atoms with van der Waals surface area (Å²) in [5, 5.41) is 0. The highest BCUT2D eigenvalue weighted by molar-refractivity contribution is 5.99. The third-order valence-electron chi connectivity index (χ3n) is 3.33. The second-order valence-electron chi connectivity index (χ2n) is 4.63. The molecule has 0 aromatic carbocycles. The average Bonchev–Trinajstić information content (AvgIpc) is 2.68. The van der Waals surface area contributed by atoms with Gasteiger partial charge in [-0.1, -0.05) is 6.08 Å². The Morgan fingerprint density at radius 2 is 2.32 bits per heavy atom.